The first-order chi connectivity index (χ1) is 10.4. The van der Waals surface area contributed by atoms with Crippen molar-refractivity contribution in [1.29, 1.82) is 0 Å². The van der Waals surface area contributed by atoms with Crippen molar-refractivity contribution in [3.63, 3.8) is 0 Å². The maximum atomic E-state index is 12.4. The summed E-state index contributed by atoms with van der Waals surface area (Å²) >= 11 is 0. The van der Waals surface area contributed by atoms with Crippen molar-refractivity contribution >= 4 is 15.9 Å². The van der Waals surface area contributed by atoms with E-state index in [9.17, 15) is 13.2 Å². The Morgan fingerprint density at radius 2 is 1.57 bits per heavy atom. The molecule has 0 bridgehead atoms. The number of carbonyl (C=O) groups is 1. The van der Waals surface area contributed by atoms with Gasteiger partial charge in [-0.25, -0.2) is 12.7 Å². The molecule has 0 spiro atoms. The average molecular weight is 340 g/mol. The van der Waals surface area contributed by atoms with E-state index in [1.165, 1.54) is 18.4 Å². The minimum atomic E-state index is -3.45. The fourth-order valence-electron chi connectivity index (χ4n) is 1.85. The summed E-state index contributed by atoms with van der Waals surface area (Å²) in [5.41, 5.74) is 0.778. The van der Waals surface area contributed by atoms with Gasteiger partial charge in [-0.05, 0) is 37.0 Å². The molecule has 6 heteroatoms. The van der Waals surface area contributed by atoms with Gasteiger partial charge < -0.3 is 5.32 Å². The molecule has 1 rings (SSSR count). The van der Waals surface area contributed by atoms with E-state index in [1.54, 1.807) is 24.3 Å². The van der Waals surface area contributed by atoms with Gasteiger partial charge in [0.25, 0.3) is 0 Å². The Labute approximate surface area is 140 Å². The molecule has 0 saturated heterocycles. The summed E-state index contributed by atoms with van der Waals surface area (Å²) in [5.74, 6) is -0.397. The molecule has 5 nitrogen and oxygen atoms in total. The lowest BCUT2D eigenvalue weighted by atomic mass is 9.87. The molecule has 1 amide bonds. The van der Waals surface area contributed by atoms with E-state index >= 15 is 0 Å². The van der Waals surface area contributed by atoms with E-state index in [0.29, 0.717) is 0 Å². The standard InChI is InChI=1S/C17H28N2O3S/c1-12(16(20)18-13(2)17(3,4)5)14-8-10-15(11-9-14)23(21,22)19(6)7/h8-13H,1-7H3,(H,18,20)/t12-,13-/m0/s1. The number of amides is 1. The Hall–Kier alpha value is -1.40. The maximum absolute atomic E-state index is 12.4. The summed E-state index contributed by atoms with van der Waals surface area (Å²) in [4.78, 5) is 12.6. The first-order valence-corrected chi connectivity index (χ1v) is 9.14. The molecule has 0 aliphatic carbocycles. The van der Waals surface area contributed by atoms with Crippen molar-refractivity contribution in [2.24, 2.45) is 5.41 Å². The SMILES string of the molecule is C[C@H](C(=O)N[C@@H](C)C(C)(C)C)c1ccc(S(=O)(=O)N(C)C)cc1. The van der Waals surface area contributed by atoms with Gasteiger partial charge in [-0.1, -0.05) is 32.9 Å². The van der Waals surface area contributed by atoms with E-state index < -0.39 is 10.0 Å². The molecule has 130 valence electrons. The van der Waals surface area contributed by atoms with Gasteiger partial charge in [0.05, 0.1) is 10.8 Å². The van der Waals surface area contributed by atoms with Crippen molar-refractivity contribution in [1.82, 2.24) is 9.62 Å². The number of sulfonamides is 1. The first kappa shape index (κ1) is 19.6. The van der Waals surface area contributed by atoms with Crippen LogP contribution in [0.5, 0.6) is 0 Å². The summed E-state index contributed by atoms with van der Waals surface area (Å²) in [6.07, 6.45) is 0. The fraction of sp³-hybridized carbons (Fsp3) is 0.588. The number of nitrogens with one attached hydrogen (secondary N) is 1. The number of rotatable bonds is 5. The molecule has 0 fully saturated rings. The number of hydrogen-bond donors (Lipinski definition) is 1. The Morgan fingerprint density at radius 1 is 1.09 bits per heavy atom. The van der Waals surface area contributed by atoms with E-state index in [0.717, 1.165) is 5.56 Å². The topological polar surface area (TPSA) is 66.5 Å². The Morgan fingerprint density at radius 3 is 1.96 bits per heavy atom. The third kappa shape index (κ3) is 4.78. The predicted molar refractivity (Wildman–Crippen MR) is 92.8 cm³/mol. The quantitative estimate of drug-likeness (QED) is 0.896. The number of carbonyl (C=O) groups excluding carboxylic acids is 1. The van der Waals surface area contributed by atoms with Gasteiger partial charge in [-0.2, -0.15) is 0 Å². The summed E-state index contributed by atoms with van der Waals surface area (Å²) in [5, 5.41) is 3.02. The summed E-state index contributed by atoms with van der Waals surface area (Å²) in [6.45, 7) is 10.0. The minimum absolute atomic E-state index is 0.0149. The van der Waals surface area contributed by atoms with Crippen molar-refractivity contribution in [2.45, 2.75) is 51.5 Å². The smallest absolute Gasteiger partial charge is 0.242 e. The Balaban J connectivity index is 2.90. The lowest BCUT2D eigenvalue weighted by Gasteiger charge is -2.29. The predicted octanol–water partition coefficient (Wildman–Crippen LogP) is 2.59. The van der Waals surface area contributed by atoms with Crippen LogP contribution < -0.4 is 5.32 Å². The second kappa shape index (κ2) is 7.01. The maximum Gasteiger partial charge on any atom is 0.242 e. The minimum Gasteiger partial charge on any atom is -0.353 e. The Kier molecular flexibility index (Phi) is 5.99. The molecule has 0 unspecified atom stereocenters. The lowest BCUT2D eigenvalue weighted by molar-refractivity contribution is -0.123. The molecular weight excluding hydrogens is 312 g/mol. The van der Waals surface area contributed by atoms with Gasteiger partial charge >= 0.3 is 0 Å². The van der Waals surface area contributed by atoms with Gasteiger partial charge in [0.15, 0.2) is 0 Å². The molecular formula is C17H28N2O3S. The monoisotopic (exact) mass is 340 g/mol. The van der Waals surface area contributed by atoms with Gasteiger partial charge in [-0.3, -0.25) is 4.79 Å². The molecule has 0 aromatic heterocycles. The third-order valence-corrected chi connectivity index (χ3v) is 6.04. The lowest BCUT2D eigenvalue weighted by Crippen LogP contribution is -2.43. The first-order valence-electron chi connectivity index (χ1n) is 7.70. The number of nitrogens with zero attached hydrogens (tertiary/aromatic N) is 1. The van der Waals surface area contributed by atoms with Crippen LogP contribution >= 0.6 is 0 Å². The zero-order valence-electron chi connectivity index (χ0n) is 15.0. The van der Waals surface area contributed by atoms with Crippen LogP contribution in [0, 0.1) is 5.41 Å². The fourth-order valence-corrected chi connectivity index (χ4v) is 2.75. The van der Waals surface area contributed by atoms with E-state index in [1.807, 2.05) is 13.8 Å². The van der Waals surface area contributed by atoms with Crippen LogP contribution in [-0.4, -0.2) is 38.8 Å². The molecule has 0 aliphatic heterocycles. The van der Waals surface area contributed by atoms with E-state index in [2.05, 4.69) is 26.1 Å². The number of hydrogen-bond acceptors (Lipinski definition) is 3. The van der Waals surface area contributed by atoms with Crippen LogP contribution in [0.25, 0.3) is 0 Å². The molecule has 1 N–H and O–H groups in total. The highest BCUT2D eigenvalue weighted by Gasteiger charge is 2.25. The van der Waals surface area contributed by atoms with Crippen LogP contribution in [0.4, 0.5) is 0 Å². The largest absolute Gasteiger partial charge is 0.353 e. The van der Waals surface area contributed by atoms with Crippen molar-refractivity contribution in [3.8, 4) is 0 Å². The highest BCUT2D eigenvalue weighted by atomic mass is 32.2. The van der Waals surface area contributed by atoms with Crippen LogP contribution in [0.1, 0.15) is 46.1 Å². The van der Waals surface area contributed by atoms with Crippen LogP contribution in [0.2, 0.25) is 0 Å². The van der Waals surface area contributed by atoms with Crippen molar-refractivity contribution in [3.05, 3.63) is 29.8 Å². The second-order valence-electron chi connectivity index (χ2n) is 7.17. The zero-order chi connectivity index (χ0) is 18.0. The average Bonchev–Trinajstić information content (AvgIpc) is 2.45. The summed E-state index contributed by atoms with van der Waals surface area (Å²) in [6, 6.07) is 6.53. The zero-order valence-corrected chi connectivity index (χ0v) is 15.9. The van der Waals surface area contributed by atoms with Crippen LogP contribution in [-0.2, 0) is 14.8 Å². The third-order valence-electron chi connectivity index (χ3n) is 4.21. The summed E-state index contributed by atoms with van der Waals surface area (Å²) in [7, 11) is -0.459. The van der Waals surface area contributed by atoms with E-state index in [-0.39, 0.29) is 28.2 Å². The highest BCUT2D eigenvalue weighted by molar-refractivity contribution is 7.89. The van der Waals surface area contributed by atoms with Crippen molar-refractivity contribution in [2.75, 3.05) is 14.1 Å². The second-order valence-corrected chi connectivity index (χ2v) is 9.33. The molecule has 0 heterocycles. The van der Waals surface area contributed by atoms with E-state index in [4.69, 9.17) is 0 Å². The molecule has 1 aromatic carbocycles. The molecule has 2 atom stereocenters. The molecule has 0 radical (unpaired) electrons. The van der Waals surface area contributed by atoms with Gasteiger partial charge in [0, 0.05) is 20.1 Å². The van der Waals surface area contributed by atoms with Gasteiger partial charge in [0.2, 0.25) is 15.9 Å². The number of benzene rings is 1. The summed E-state index contributed by atoms with van der Waals surface area (Å²) < 4.78 is 25.3. The Bertz CT molecular complexity index is 643. The van der Waals surface area contributed by atoms with Crippen LogP contribution in [0.3, 0.4) is 0 Å². The normalized spacial score (nSPS) is 15.3. The van der Waals surface area contributed by atoms with Gasteiger partial charge in [-0.15, -0.1) is 0 Å². The van der Waals surface area contributed by atoms with Crippen molar-refractivity contribution < 1.29 is 13.2 Å². The van der Waals surface area contributed by atoms with Gasteiger partial charge in [0.1, 0.15) is 0 Å². The molecule has 0 aliphatic rings. The molecule has 1 aromatic rings. The molecule has 0 saturated carbocycles. The highest BCUT2D eigenvalue weighted by Crippen LogP contribution is 2.22. The van der Waals surface area contributed by atoms with Crippen LogP contribution in [0.15, 0.2) is 29.2 Å². The molecule has 23 heavy (non-hydrogen) atoms.